The number of carbonyl (C=O) groups excluding carboxylic acids is 1. The number of imidazole rings is 1. The number of aromatic nitrogens is 3. The Morgan fingerprint density at radius 3 is 2.93 bits per heavy atom. The number of carbonyl (C=O) groups is 1. The molecule has 2 aromatic rings. The van der Waals surface area contributed by atoms with Crippen LogP contribution >= 0.6 is 0 Å². The molecule has 0 saturated carbocycles. The van der Waals surface area contributed by atoms with Gasteiger partial charge in [0.1, 0.15) is 5.69 Å². The lowest BCUT2D eigenvalue weighted by atomic mass is 10.4. The summed E-state index contributed by atoms with van der Waals surface area (Å²) in [6.07, 6.45) is 3.27. The summed E-state index contributed by atoms with van der Waals surface area (Å²) in [5.41, 5.74) is 1.09. The van der Waals surface area contributed by atoms with Crippen LogP contribution in [-0.4, -0.2) is 39.5 Å². The van der Waals surface area contributed by atoms with Crippen LogP contribution in [-0.2, 0) is 0 Å². The zero-order chi connectivity index (χ0) is 10.1. The average molecular weight is 190 g/mol. The van der Waals surface area contributed by atoms with Gasteiger partial charge in [0.15, 0.2) is 5.65 Å². The molecule has 0 bridgehead atoms. The zero-order valence-electron chi connectivity index (χ0n) is 8.01. The Balaban J connectivity index is 2.50. The van der Waals surface area contributed by atoms with Crippen molar-refractivity contribution >= 4 is 11.6 Å². The lowest BCUT2D eigenvalue weighted by molar-refractivity contribution is 0.0822. The largest absolute Gasteiger partial charge is 0.343 e. The molecule has 0 unspecified atom stereocenters. The van der Waals surface area contributed by atoms with Gasteiger partial charge in [-0.05, 0) is 12.1 Å². The van der Waals surface area contributed by atoms with Crippen molar-refractivity contribution in [2.24, 2.45) is 0 Å². The van der Waals surface area contributed by atoms with Crippen LogP contribution in [0.3, 0.4) is 0 Å². The van der Waals surface area contributed by atoms with E-state index in [-0.39, 0.29) is 5.91 Å². The molecule has 5 heteroatoms. The van der Waals surface area contributed by atoms with Crippen molar-refractivity contribution in [2.45, 2.75) is 0 Å². The molecule has 0 aliphatic heterocycles. The molecular formula is C9H10N4O. The normalized spacial score (nSPS) is 10.4. The molecule has 0 N–H and O–H groups in total. The fourth-order valence-corrected chi connectivity index (χ4v) is 1.16. The molecule has 0 spiro atoms. The molecule has 0 aliphatic rings. The Hall–Kier alpha value is -1.91. The van der Waals surface area contributed by atoms with Gasteiger partial charge in [0.05, 0.1) is 6.20 Å². The minimum absolute atomic E-state index is 0.115. The van der Waals surface area contributed by atoms with Crippen molar-refractivity contribution in [1.82, 2.24) is 19.5 Å². The van der Waals surface area contributed by atoms with E-state index in [4.69, 9.17) is 0 Å². The second-order valence-electron chi connectivity index (χ2n) is 3.15. The quantitative estimate of drug-likeness (QED) is 0.655. The van der Waals surface area contributed by atoms with Crippen LogP contribution in [0.15, 0.2) is 24.5 Å². The van der Waals surface area contributed by atoms with Crippen LogP contribution in [0.1, 0.15) is 10.5 Å². The van der Waals surface area contributed by atoms with E-state index in [2.05, 4.69) is 10.1 Å². The summed E-state index contributed by atoms with van der Waals surface area (Å²) in [7, 11) is 3.39. The van der Waals surface area contributed by atoms with Gasteiger partial charge in [-0.2, -0.15) is 5.10 Å². The summed E-state index contributed by atoms with van der Waals surface area (Å²) in [5.74, 6) is -0.115. The van der Waals surface area contributed by atoms with Crippen molar-refractivity contribution in [3.8, 4) is 0 Å². The van der Waals surface area contributed by atoms with Crippen LogP contribution in [0, 0.1) is 0 Å². The minimum Gasteiger partial charge on any atom is -0.343 e. The fraction of sp³-hybridized carbons (Fsp3) is 0.222. The fourth-order valence-electron chi connectivity index (χ4n) is 1.16. The standard InChI is InChI=1S/C9H10N4O/c1-12(2)9(14)7-6-13-8(11-7)4-3-5-10-13/h3-6H,1-2H3. The van der Waals surface area contributed by atoms with Crippen molar-refractivity contribution in [1.29, 1.82) is 0 Å². The topological polar surface area (TPSA) is 50.5 Å². The minimum atomic E-state index is -0.115. The maximum atomic E-state index is 11.5. The van der Waals surface area contributed by atoms with Gasteiger partial charge in [-0.15, -0.1) is 0 Å². The van der Waals surface area contributed by atoms with Gasteiger partial charge < -0.3 is 4.90 Å². The van der Waals surface area contributed by atoms with Crippen LogP contribution in [0.25, 0.3) is 5.65 Å². The lowest BCUT2D eigenvalue weighted by Gasteiger charge is -2.05. The first-order valence-electron chi connectivity index (χ1n) is 4.20. The first-order valence-corrected chi connectivity index (χ1v) is 4.20. The maximum absolute atomic E-state index is 11.5. The molecule has 0 atom stereocenters. The molecule has 0 radical (unpaired) electrons. The maximum Gasteiger partial charge on any atom is 0.273 e. The number of amides is 1. The molecule has 72 valence electrons. The van der Waals surface area contributed by atoms with Gasteiger partial charge in [-0.1, -0.05) is 0 Å². The summed E-state index contributed by atoms with van der Waals surface area (Å²) >= 11 is 0. The van der Waals surface area contributed by atoms with E-state index in [9.17, 15) is 4.79 Å². The molecule has 0 fully saturated rings. The predicted octanol–water partition coefficient (Wildman–Crippen LogP) is 0.431. The smallest absolute Gasteiger partial charge is 0.273 e. The van der Waals surface area contributed by atoms with E-state index < -0.39 is 0 Å². The number of nitrogens with zero attached hydrogens (tertiary/aromatic N) is 4. The average Bonchev–Trinajstić information content (AvgIpc) is 2.59. The van der Waals surface area contributed by atoms with E-state index >= 15 is 0 Å². The van der Waals surface area contributed by atoms with Gasteiger partial charge in [0.2, 0.25) is 0 Å². The molecule has 0 saturated heterocycles. The highest BCUT2D eigenvalue weighted by atomic mass is 16.2. The van der Waals surface area contributed by atoms with Gasteiger partial charge in [-0.3, -0.25) is 4.79 Å². The van der Waals surface area contributed by atoms with E-state index in [0.29, 0.717) is 11.3 Å². The van der Waals surface area contributed by atoms with Crippen molar-refractivity contribution in [2.75, 3.05) is 14.1 Å². The predicted molar refractivity (Wildman–Crippen MR) is 51.0 cm³/mol. The Bertz CT molecular complexity index is 441. The molecular weight excluding hydrogens is 180 g/mol. The molecule has 1 amide bonds. The van der Waals surface area contributed by atoms with Crippen LogP contribution < -0.4 is 0 Å². The van der Waals surface area contributed by atoms with Gasteiger partial charge in [-0.25, -0.2) is 9.50 Å². The molecule has 2 rings (SSSR count). The van der Waals surface area contributed by atoms with E-state index in [1.807, 2.05) is 0 Å². The molecule has 0 aliphatic carbocycles. The Morgan fingerprint density at radius 1 is 1.50 bits per heavy atom. The summed E-state index contributed by atoms with van der Waals surface area (Å²) in [6.45, 7) is 0. The van der Waals surface area contributed by atoms with Crippen LogP contribution in [0.5, 0.6) is 0 Å². The highest BCUT2D eigenvalue weighted by molar-refractivity contribution is 5.92. The first-order chi connectivity index (χ1) is 6.68. The van der Waals surface area contributed by atoms with Crippen LogP contribution in [0.4, 0.5) is 0 Å². The summed E-state index contributed by atoms with van der Waals surface area (Å²) < 4.78 is 1.58. The number of hydrogen-bond donors (Lipinski definition) is 0. The molecule has 2 aromatic heterocycles. The number of fused-ring (bicyclic) bond motifs is 1. The van der Waals surface area contributed by atoms with Crippen molar-refractivity contribution in [3.63, 3.8) is 0 Å². The summed E-state index contributed by atoms with van der Waals surface area (Å²) in [5, 5.41) is 4.03. The third kappa shape index (κ3) is 1.32. The third-order valence-electron chi connectivity index (χ3n) is 1.86. The highest BCUT2D eigenvalue weighted by Crippen LogP contribution is 2.03. The Labute approximate surface area is 81.0 Å². The SMILES string of the molecule is CN(C)C(=O)c1cn2ncccc2n1. The van der Waals surface area contributed by atoms with Crippen LogP contribution in [0.2, 0.25) is 0 Å². The summed E-state index contributed by atoms with van der Waals surface area (Å²) in [4.78, 5) is 17.2. The number of rotatable bonds is 1. The van der Waals surface area contributed by atoms with Gasteiger partial charge in [0, 0.05) is 20.3 Å². The molecule has 14 heavy (non-hydrogen) atoms. The third-order valence-corrected chi connectivity index (χ3v) is 1.86. The number of hydrogen-bond acceptors (Lipinski definition) is 3. The second kappa shape index (κ2) is 3.10. The van der Waals surface area contributed by atoms with Gasteiger partial charge >= 0.3 is 0 Å². The highest BCUT2D eigenvalue weighted by Gasteiger charge is 2.12. The monoisotopic (exact) mass is 190 g/mol. The lowest BCUT2D eigenvalue weighted by Crippen LogP contribution is -2.21. The second-order valence-corrected chi connectivity index (χ2v) is 3.15. The van der Waals surface area contributed by atoms with E-state index in [1.54, 1.807) is 43.1 Å². The Kier molecular flexibility index (Phi) is 1.92. The molecule has 0 aromatic carbocycles. The first kappa shape index (κ1) is 8.68. The van der Waals surface area contributed by atoms with Crippen molar-refractivity contribution < 1.29 is 4.79 Å². The molecule has 5 nitrogen and oxygen atoms in total. The Morgan fingerprint density at radius 2 is 2.29 bits per heavy atom. The van der Waals surface area contributed by atoms with Crippen molar-refractivity contribution in [3.05, 3.63) is 30.2 Å². The van der Waals surface area contributed by atoms with E-state index in [0.717, 1.165) is 0 Å². The summed E-state index contributed by atoms with van der Waals surface area (Å²) in [6, 6.07) is 3.59. The van der Waals surface area contributed by atoms with E-state index in [1.165, 1.54) is 4.90 Å². The molecule has 2 heterocycles. The zero-order valence-corrected chi connectivity index (χ0v) is 8.01. The van der Waals surface area contributed by atoms with Gasteiger partial charge in [0.25, 0.3) is 5.91 Å².